The third-order valence-electron chi connectivity index (χ3n) is 2.00. The highest BCUT2D eigenvalue weighted by atomic mass is 16.5. The smallest absolute Gasteiger partial charge is 0.260 e. The van der Waals surface area contributed by atoms with Gasteiger partial charge < -0.3 is 15.6 Å². The Labute approximate surface area is 91.5 Å². The predicted octanol–water partition coefficient (Wildman–Crippen LogP) is 1.21. The van der Waals surface area contributed by atoms with E-state index in [1.807, 2.05) is 0 Å². The van der Waals surface area contributed by atoms with Crippen LogP contribution in [0.5, 0.6) is 0 Å². The van der Waals surface area contributed by atoms with Crippen LogP contribution in [0.15, 0.2) is 29.1 Å². The molecule has 0 radical (unpaired) electrons. The van der Waals surface area contributed by atoms with Gasteiger partial charge in [-0.1, -0.05) is 5.16 Å². The van der Waals surface area contributed by atoms with Gasteiger partial charge in [0.25, 0.3) is 5.91 Å². The molecule has 3 N–H and O–H groups in total. The number of pyridine rings is 1. The van der Waals surface area contributed by atoms with Crippen molar-refractivity contribution in [3.8, 4) is 0 Å². The van der Waals surface area contributed by atoms with Crippen molar-refractivity contribution >= 4 is 17.4 Å². The first-order chi connectivity index (χ1) is 7.66. The van der Waals surface area contributed by atoms with Crippen LogP contribution in [-0.2, 0) is 0 Å². The van der Waals surface area contributed by atoms with Gasteiger partial charge in [0.2, 0.25) is 0 Å². The monoisotopic (exact) mass is 218 g/mol. The SMILES string of the molecule is Cc1cc(N)c(C(=O)Nc2ccon2)cn1. The maximum Gasteiger partial charge on any atom is 0.260 e. The number of hydrogen-bond acceptors (Lipinski definition) is 5. The molecule has 2 rings (SSSR count). The van der Waals surface area contributed by atoms with E-state index in [-0.39, 0.29) is 5.91 Å². The van der Waals surface area contributed by atoms with Gasteiger partial charge in [0.05, 0.1) is 5.56 Å². The number of nitrogens with one attached hydrogen (secondary N) is 1. The van der Waals surface area contributed by atoms with Crippen LogP contribution in [0.4, 0.5) is 11.5 Å². The number of hydrogen-bond donors (Lipinski definition) is 2. The van der Waals surface area contributed by atoms with Crippen LogP contribution in [0.2, 0.25) is 0 Å². The van der Waals surface area contributed by atoms with E-state index >= 15 is 0 Å². The summed E-state index contributed by atoms with van der Waals surface area (Å²) in [6.07, 6.45) is 2.80. The minimum absolute atomic E-state index is 0.314. The second kappa shape index (κ2) is 4.01. The average Bonchev–Trinajstić information content (AvgIpc) is 2.70. The van der Waals surface area contributed by atoms with E-state index in [1.165, 1.54) is 18.5 Å². The minimum atomic E-state index is -0.362. The number of anilines is 2. The van der Waals surface area contributed by atoms with Crippen molar-refractivity contribution in [2.75, 3.05) is 11.1 Å². The number of aromatic nitrogens is 2. The maximum atomic E-state index is 11.7. The molecule has 0 saturated carbocycles. The molecule has 0 saturated heterocycles. The zero-order valence-corrected chi connectivity index (χ0v) is 8.60. The summed E-state index contributed by atoms with van der Waals surface area (Å²) in [7, 11) is 0. The topological polar surface area (TPSA) is 94.0 Å². The Balaban J connectivity index is 2.21. The van der Waals surface area contributed by atoms with Gasteiger partial charge in [-0.3, -0.25) is 9.78 Å². The highest BCUT2D eigenvalue weighted by molar-refractivity contribution is 6.07. The van der Waals surface area contributed by atoms with E-state index < -0.39 is 0 Å². The molecule has 0 spiro atoms. The number of nitrogens with two attached hydrogens (primary N) is 1. The van der Waals surface area contributed by atoms with Crippen LogP contribution in [0.3, 0.4) is 0 Å². The van der Waals surface area contributed by atoms with Gasteiger partial charge in [0, 0.05) is 23.6 Å². The van der Waals surface area contributed by atoms with Crippen LogP contribution in [0, 0.1) is 6.92 Å². The van der Waals surface area contributed by atoms with Crippen LogP contribution in [0.1, 0.15) is 16.1 Å². The Kier molecular flexibility index (Phi) is 2.55. The fourth-order valence-corrected chi connectivity index (χ4v) is 1.23. The van der Waals surface area contributed by atoms with E-state index in [9.17, 15) is 4.79 Å². The molecule has 0 atom stereocenters. The molecule has 0 aliphatic rings. The first-order valence-corrected chi connectivity index (χ1v) is 4.60. The lowest BCUT2D eigenvalue weighted by Crippen LogP contribution is -2.14. The Bertz CT molecular complexity index is 508. The molecule has 2 aromatic heterocycles. The zero-order chi connectivity index (χ0) is 11.5. The Morgan fingerprint density at radius 2 is 2.38 bits per heavy atom. The molecular formula is C10H10N4O2. The summed E-state index contributed by atoms with van der Waals surface area (Å²) >= 11 is 0. The molecule has 1 amide bonds. The molecule has 0 fully saturated rings. The van der Waals surface area contributed by atoms with E-state index in [1.54, 1.807) is 13.0 Å². The largest absolute Gasteiger partial charge is 0.398 e. The number of carbonyl (C=O) groups excluding carboxylic acids is 1. The number of nitrogen functional groups attached to an aromatic ring is 1. The molecule has 0 aliphatic heterocycles. The summed E-state index contributed by atoms with van der Waals surface area (Å²) < 4.78 is 4.59. The van der Waals surface area contributed by atoms with Crippen LogP contribution < -0.4 is 11.1 Å². The molecule has 6 nitrogen and oxygen atoms in total. The summed E-state index contributed by atoms with van der Waals surface area (Å²) in [5, 5.41) is 6.10. The molecule has 16 heavy (non-hydrogen) atoms. The van der Waals surface area contributed by atoms with E-state index in [0.29, 0.717) is 17.1 Å². The standard InChI is InChI=1S/C10H10N4O2/c1-6-4-8(11)7(5-12-6)10(15)13-9-2-3-16-14-9/h2-5H,1H3,(H2,11,12)(H,13,14,15). The lowest BCUT2D eigenvalue weighted by Gasteiger charge is -2.04. The molecule has 0 bridgehead atoms. The third kappa shape index (κ3) is 2.00. The normalized spacial score (nSPS) is 10.1. The number of carbonyl (C=O) groups is 1. The summed E-state index contributed by atoms with van der Waals surface area (Å²) in [5.74, 6) is -0.0242. The van der Waals surface area contributed by atoms with Gasteiger partial charge in [-0.25, -0.2) is 0 Å². The van der Waals surface area contributed by atoms with Gasteiger partial charge in [-0.2, -0.15) is 0 Å². The molecule has 2 heterocycles. The third-order valence-corrected chi connectivity index (χ3v) is 2.00. The molecule has 82 valence electrons. The van der Waals surface area contributed by atoms with Crippen LogP contribution in [-0.4, -0.2) is 16.0 Å². The van der Waals surface area contributed by atoms with Crippen molar-refractivity contribution in [1.29, 1.82) is 0 Å². The zero-order valence-electron chi connectivity index (χ0n) is 8.60. The highest BCUT2D eigenvalue weighted by Gasteiger charge is 2.11. The summed E-state index contributed by atoms with van der Waals surface area (Å²) in [6.45, 7) is 1.80. The Morgan fingerprint density at radius 3 is 3.00 bits per heavy atom. The van der Waals surface area contributed by atoms with Gasteiger partial charge in [-0.05, 0) is 13.0 Å². The lowest BCUT2D eigenvalue weighted by atomic mass is 10.2. The van der Waals surface area contributed by atoms with Gasteiger partial charge in [-0.15, -0.1) is 0 Å². The summed E-state index contributed by atoms with van der Waals surface area (Å²) in [5.41, 5.74) is 7.16. The Hall–Kier alpha value is -2.37. The minimum Gasteiger partial charge on any atom is -0.398 e. The van der Waals surface area contributed by atoms with Crippen molar-refractivity contribution in [3.05, 3.63) is 35.9 Å². The first-order valence-electron chi connectivity index (χ1n) is 4.60. The van der Waals surface area contributed by atoms with E-state index in [0.717, 1.165) is 5.69 Å². The van der Waals surface area contributed by atoms with Crippen molar-refractivity contribution < 1.29 is 9.32 Å². The summed E-state index contributed by atoms with van der Waals surface area (Å²) in [6, 6.07) is 3.17. The fraction of sp³-hybridized carbons (Fsp3) is 0.100. The number of aryl methyl sites for hydroxylation is 1. The lowest BCUT2D eigenvalue weighted by molar-refractivity contribution is 0.102. The van der Waals surface area contributed by atoms with E-state index in [2.05, 4.69) is 20.0 Å². The van der Waals surface area contributed by atoms with Crippen LogP contribution in [0.25, 0.3) is 0 Å². The quantitative estimate of drug-likeness (QED) is 0.790. The van der Waals surface area contributed by atoms with Crippen molar-refractivity contribution in [1.82, 2.24) is 10.1 Å². The predicted molar refractivity (Wildman–Crippen MR) is 57.8 cm³/mol. The summed E-state index contributed by atoms with van der Waals surface area (Å²) in [4.78, 5) is 15.7. The number of amides is 1. The van der Waals surface area contributed by atoms with Gasteiger partial charge in [0.15, 0.2) is 5.82 Å². The Morgan fingerprint density at radius 1 is 1.56 bits per heavy atom. The molecule has 2 aromatic rings. The van der Waals surface area contributed by atoms with Crippen LogP contribution >= 0.6 is 0 Å². The fourth-order valence-electron chi connectivity index (χ4n) is 1.23. The van der Waals surface area contributed by atoms with Gasteiger partial charge >= 0.3 is 0 Å². The molecule has 0 aromatic carbocycles. The molecule has 0 aliphatic carbocycles. The van der Waals surface area contributed by atoms with Crippen molar-refractivity contribution in [2.45, 2.75) is 6.92 Å². The maximum absolute atomic E-state index is 11.7. The molecular weight excluding hydrogens is 208 g/mol. The molecule has 6 heteroatoms. The van der Waals surface area contributed by atoms with Crippen molar-refractivity contribution in [3.63, 3.8) is 0 Å². The van der Waals surface area contributed by atoms with Crippen molar-refractivity contribution in [2.24, 2.45) is 0 Å². The second-order valence-electron chi connectivity index (χ2n) is 3.25. The number of nitrogens with zero attached hydrogens (tertiary/aromatic N) is 2. The second-order valence-corrected chi connectivity index (χ2v) is 3.25. The molecule has 0 unspecified atom stereocenters. The van der Waals surface area contributed by atoms with Gasteiger partial charge in [0.1, 0.15) is 6.26 Å². The number of rotatable bonds is 2. The average molecular weight is 218 g/mol. The van der Waals surface area contributed by atoms with E-state index in [4.69, 9.17) is 5.73 Å². The first kappa shape index (κ1) is 10.2. The highest BCUT2D eigenvalue weighted by Crippen LogP contribution is 2.13.